The number of halogens is 3. The minimum Gasteiger partial charge on any atom is -0.395 e. The summed E-state index contributed by atoms with van der Waals surface area (Å²) in [6, 6.07) is 3.40. The Balaban J connectivity index is 1.93. The molecule has 134 valence electrons. The molecule has 0 saturated carbocycles. The number of rotatable bonds is 5. The first-order valence-corrected chi connectivity index (χ1v) is 7.39. The maximum atomic E-state index is 12.9. The molecule has 2 rings (SSSR count). The normalized spacial score (nSPS) is 27.2. The molecular weight excluding hydrogens is 329 g/mol. The fourth-order valence-corrected chi connectivity index (χ4v) is 2.70. The molecule has 5 N–H and O–H groups in total. The molecule has 1 fully saturated rings. The lowest BCUT2D eigenvalue weighted by Crippen LogP contribution is -2.44. The SMILES string of the molecule is O=C(Cc1ccccc1C(F)(F)F)NC[C@H]1N[C@H](CO)[C@@H](O)[C@@H]1O. The van der Waals surface area contributed by atoms with E-state index in [1.54, 1.807) is 0 Å². The highest BCUT2D eigenvalue weighted by Gasteiger charge is 2.40. The molecule has 24 heavy (non-hydrogen) atoms. The lowest BCUT2D eigenvalue weighted by molar-refractivity contribution is -0.138. The van der Waals surface area contributed by atoms with Crippen molar-refractivity contribution < 1.29 is 33.3 Å². The Hall–Kier alpha value is -1.68. The van der Waals surface area contributed by atoms with Crippen LogP contribution < -0.4 is 10.6 Å². The number of aliphatic hydroxyl groups is 3. The van der Waals surface area contributed by atoms with Crippen molar-refractivity contribution in [1.82, 2.24) is 10.6 Å². The van der Waals surface area contributed by atoms with Gasteiger partial charge in [-0.3, -0.25) is 4.79 Å². The second kappa shape index (κ2) is 7.47. The van der Waals surface area contributed by atoms with Crippen molar-refractivity contribution in [3.05, 3.63) is 35.4 Å². The van der Waals surface area contributed by atoms with Gasteiger partial charge in [-0.25, -0.2) is 0 Å². The molecule has 0 radical (unpaired) electrons. The molecule has 9 heteroatoms. The van der Waals surface area contributed by atoms with Crippen molar-refractivity contribution in [3.63, 3.8) is 0 Å². The van der Waals surface area contributed by atoms with Gasteiger partial charge in [0.05, 0.1) is 42.9 Å². The van der Waals surface area contributed by atoms with Crippen molar-refractivity contribution in [2.75, 3.05) is 13.2 Å². The van der Waals surface area contributed by atoms with Gasteiger partial charge in [0.25, 0.3) is 0 Å². The quantitative estimate of drug-likeness (QED) is 0.490. The molecule has 0 aromatic heterocycles. The third-order valence-electron chi connectivity index (χ3n) is 3.99. The van der Waals surface area contributed by atoms with Crippen LogP contribution in [0.5, 0.6) is 0 Å². The van der Waals surface area contributed by atoms with Crippen LogP contribution >= 0.6 is 0 Å². The predicted octanol–water partition coefficient (Wildman–Crippen LogP) is -0.581. The standard InChI is InChI=1S/C15H19F3N2O4/c16-15(17,18)9-4-2-1-3-8(9)5-12(22)19-6-10-13(23)14(24)11(7-21)20-10/h1-4,10-11,13-14,20-21,23-24H,5-7H2,(H,19,22)/t10-,11-,13-,14-/m1/s1. The van der Waals surface area contributed by atoms with Crippen molar-refractivity contribution >= 4 is 5.91 Å². The van der Waals surface area contributed by atoms with Gasteiger partial charge >= 0.3 is 6.18 Å². The van der Waals surface area contributed by atoms with Crippen molar-refractivity contribution in [2.45, 2.75) is 36.9 Å². The van der Waals surface area contributed by atoms with Gasteiger partial charge in [0.2, 0.25) is 5.91 Å². The highest BCUT2D eigenvalue weighted by molar-refractivity contribution is 5.79. The van der Waals surface area contributed by atoms with Gasteiger partial charge in [0.15, 0.2) is 0 Å². The van der Waals surface area contributed by atoms with E-state index < -0.39 is 48.4 Å². The Kier molecular flexibility index (Phi) is 5.81. The minimum absolute atomic E-state index is 0.0816. The van der Waals surface area contributed by atoms with Gasteiger partial charge in [-0.2, -0.15) is 13.2 Å². The molecule has 0 bridgehead atoms. The zero-order valence-electron chi connectivity index (χ0n) is 12.6. The number of carbonyl (C=O) groups is 1. The molecule has 1 heterocycles. The average molecular weight is 348 g/mol. The molecular formula is C15H19F3N2O4. The third-order valence-corrected chi connectivity index (χ3v) is 3.99. The minimum atomic E-state index is -4.54. The van der Waals surface area contributed by atoms with Crippen LogP contribution in [0.15, 0.2) is 24.3 Å². The van der Waals surface area contributed by atoms with Crippen LogP contribution in [-0.4, -0.2) is 58.7 Å². The molecule has 1 aromatic rings. The Labute approximate surface area is 136 Å². The summed E-state index contributed by atoms with van der Waals surface area (Å²) in [5, 5.41) is 33.6. The van der Waals surface area contributed by atoms with Crippen LogP contribution in [0.25, 0.3) is 0 Å². The van der Waals surface area contributed by atoms with Gasteiger partial charge in [-0.15, -0.1) is 0 Å². The number of hydrogen-bond donors (Lipinski definition) is 5. The van der Waals surface area contributed by atoms with Crippen LogP contribution in [0, 0.1) is 0 Å². The summed E-state index contributed by atoms with van der Waals surface area (Å²) in [6.07, 6.45) is -7.36. The summed E-state index contributed by atoms with van der Waals surface area (Å²) in [5.74, 6) is -0.636. The van der Waals surface area contributed by atoms with E-state index in [-0.39, 0.29) is 18.7 Å². The summed E-state index contributed by atoms with van der Waals surface area (Å²) in [4.78, 5) is 11.9. The molecule has 1 aromatic carbocycles. The summed E-state index contributed by atoms with van der Waals surface area (Å²) in [6.45, 7) is -0.469. The summed E-state index contributed by atoms with van der Waals surface area (Å²) < 4.78 is 38.6. The van der Waals surface area contributed by atoms with Gasteiger partial charge < -0.3 is 26.0 Å². The first-order valence-electron chi connectivity index (χ1n) is 7.39. The largest absolute Gasteiger partial charge is 0.416 e. The van der Waals surface area contributed by atoms with E-state index in [4.69, 9.17) is 5.11 Å². The number of nitrogens with one attached hydrogen (secondary N) is 2. The summed E-state index contributed by atoms with van der Waals surface area (Å²) in [5.41, 5.74) is -1.01. The summed E-state index contributed by atoms with van der Waals surface area (Å²) in [7, 11) is 0. The van der Waals surface area contributed by atoms with E-state index in [2.05, 4.69) is 10.6 Å². The van der Waals surface area contributed by atoms with E-state index in [1.165, 1.54) is 18.2 Å². The first-order chi connectivity index (χ1) is 11.2. The molecule has 0 unspecified atom stereocenters. The number of amides is 1. The molecule has 0 spiro atoms. The zero-order valence-corrected chi connectivity index (χ0v) is 12.6. The van der Waals surface area contributed by atoms with Crippen LogP contribution in [0.1, 0.15) is 11.1 Å². The number of carbonyl (C=O) groups excluding carboxylic acids is 1. The average Bonchev–Trinajstić information content (AvgIpc) is 2.80. The van der Waals surface area contributed by atoms with Crippen molar-refractivity contribution in [1.29, 1.82) is 0 Å². The van der Waals surface area contributed by atoms with Crippen LogP contribution in [0.4, 0.5) is 13.2 Å². The lowest BCUT2D eigenvalue weighted by atomic mass is 10.0. The molecule has 4 atom stereocenters. The Morgan fingerprint density at radius 3 is 2.38 bits per heavy atom. The van der Waals surface area contributed by atoms with Gasteiger partial charge in [-0.05, 0) is 11.6 Å². The van der Waals surface area contributed by atoms with E-state index in [1.807, 2.05) is 0 Å². The molecule has 0 aliphatic carbocycles. The molecule has 1 amide bonds. The molecule has 6 nitrogen and oxygen atoms in total. The van der Waals surface area contributed by atoms with Crippen LogP contribution in [0.3, 0.4) is 0 Å². The van der Waals surface area contributed by atoms with E-state index in [0.29, 0.717) is 0 Å². The van der Waals surface area contributed by atoms with Gasteiger partial charge in [0.1, 0.15) is 0 Å². The number of benzene rings is 1. The summed E-state index contributed by atoms with van der Waals surface area (Å²) >= 11 is 0. The van der Waals surface area contributed by atoms with Crippen molar-refractivity contribution in [2.24, 2.45) is 0 Å². The smallest absolute Gasteiger partial charge is 0.395 e. The van der Waals surface area contributed by atoms with E-state index in [0.717, 1.165) is 6.07 Å². The fourth-order valence-electron chi connectivity index (χ4n) is 2.70. The van der Waals surface area contributed by atoms with Crippen LogP contribution in [0.2, 0.25) is 0 Å². The monoisotopic (exact) mass is 348 g/mol. The second-order valence-corrected chi connectivity index (χ2v) is 5.68. The fraction of sp³-hybridized carbons (Fsp3) is 0.533. The third kappa shape index (κ3) is 4.23. The predicted molar refractivity (Wildman–Crippen MR) is 78.0 cm³/mol. The number of hydrogen-bond acceptors (Lipinski definition) is 5. The van der Waals surface area contributed by atoms with Gasteiger partial charge in [-0.1, -0.05) is 18.2 Å². The number of aliphatic hydroxyl groups excluding tert-OH is 3. The van der Waals surface area contributed by atoms with Gasteiger partial charge in [0, 0.05) is 6.54 Å². The maximum Gasteiger partial charge on any atom is 0.416 e. The second-order valence-electron chi connectivity index (χ2n) is 5.68. The zero-order chi connectivity index (χ0) is 17.9. The van der Waals surface area contributed by atoms with E-state index in [9.17, 15) is 28.2 Å². The highest BCUT2D eigenvalue weighted by Crippen LogP contribution is 2.32. The Morgan fingerprint density at radius 1 is 1.17 bits per heavy atom. The van der Waals surface area contributed by atoms with Crippen molar-refractivity contribution in [3.8, 4) is 0 Å². The van der Waals surface area contributed by atoms with Crippen LogP contribution in [-0.2, 0) is 17.4 Å². The topological polar surface area (TPSA) is 102 Å². The maximum absolute atomic E-state index is 12.9. The molecule has 1 saturated heterocycles. The molecule has 1 aliphatic heterocycles. The lowest BCUT2D eigenvalue weighted by Gasteiger charge is -2.17. The first kappa shape index (κ1) is 18.7. The number of alkyl halides is 3. The van der Waals surface area contributed by atoms with E-state index >= 15 is 0 Å². The Morgan fingerprint density at radius 2 is 1.79 bits per heavy atom. The molecule has 1 aliphatic rings. The highest BCUT2D eigenvalue weighted by atomic mass is 19.4. The Bertz CT molecular complexity index is 582.